The zero-order valence-electron chi connectivity index (χ0n) is 11.6. The number of hydrogen-bond donors (Lipinski definition) is 1. The summed E-state index contributed by atoms with van der Waals surface area (Å²) in [4.78, 5) is 10.7. The molecule has 2 rings (SSSR count). The Morgan fingerprint density at radius 3 is 2.50 bits per heavy atom. The molecule has 1 N–H and O–H groups in total. The number of benzene rings is 1. The fraction of sp³-hybridized carbons (Fsp3) is 0.462. The van der Waals surface area contributed by atoms with Crippen LogP contribution >= 0.6 is 0 Å². The van der Waals surface area contributed by atoms with Crippen molar-refractivity contribution in [3.8, 4) is 0 Å². The van der Waals surface area contributed by atoms with Gasteiger partial charge in [0.05, 0.1) is 15.9 Å². The second kappa shape index (κ2) is 5.24. The van der Waals surface area contributed by atoms with Gasteiger partial charge in [-0.3, -0.25) is 4.79 Å². The highest BCUT2D eigenvalue weighted by atomic mass is 32.2. The lowest BCUT2D eigenvalue weighted by Crippen LogP contribution is -2.35. The van der Waals surface area contributed by atoms with E-state index in [0.717, 1.165) is 22.5 Å². The summed E-state index contributed by atoms with van der Waals surface area (Å²) in [5.41, 5.74) is -2.29. The lowest BCUT2D eigenvalue weighted by Gasteiger charge is -2.20. The van der Waals surface area contributed by atoms with E-state index in [1.807, 2.05) is 0 Å². The monoisotopic (exact) mass is 337 g/mol. The summed E-state index contributed by atoms with van der Waals surface area (Å²) < 4.78 is 63.7. The zero-order valence-corrected chi connectivity index (χ0v) is 12.4. The maximum absolute atomic E-state index is 12.7. The van der Waals surface area contributed by atoms with Gasteiger partial charge in [-0.05, 0) is 31.5 Å². The highest BCUT2D eigenvalue weighted by Crippen LogP contribution is 2.35. The van der Waals surface area contributed by atoms with Gasteiger partial charge in [-0.2, -0.15) is 17.5 Å². The number of carboxylic acids is 1. The van der Waals surface area contributed by atoms with Crippen LogP contribution in [0.3, 0.4) is 0 Å². The summed E-state index contributed by atoms with van der Waals surface area (Å²) in [6.07, 6.45) is -4.54. The van der Waals surface area contributed by atoms with Gasteiger partial charge in [-0.1, -0.05) is 6.07 Å². The van der Waals surface area contributed by atoms with Gasteiger partial charge in [-0.25, -0.2) is 8.42 Å². The van der Waals surface area contributed by atoms with Crippen molar-refractivity contribution in [1.82, 2.24) is 4.31 Å². The van der Waals surface area contributed by atoms with Crippen LogP contribution in [-0.2, 0) is 21.0 Å². The van der Waals surface area contributed by atoms with Gasteiger partial charge in [-0.15, -0.1) is 0 Å². The van der Waals surface area contributed by atoms with Gasteiger partial charge in [0.2, 0.25) is 10.0 Å². The minimum atomic E-state index is -4.65. The molecule has 122 valence electrons. The van der Waals surface area contributed by atoms with Gasteiger partial charge in [0, 0.05) is 13.1 Å². The van der Waals surface area contributed by atoms with Crippen molar-refractivity contribution in [3.05, 3.63) is 29.8 Å². The first kappa shape index (κ1) is 16.8. The first-order valence-corrected chi connectivity index (χ1v) is 7.82. The van der Waals surface area contributed by atoms with Crippen molar-refractivity contribution in [1.29, 1.82) is 0 Å². The lowest BCUT2D eigenvalue weighted by molar-refractivity contribution is -0.147. The van der Waals surface area contributed by atoms with Gasteiger partial charge in [0.15, 0.2) is 0 Å². The summed E-state index contributed by atoms with van der Waals surface area (Å²) in [7, 11) is -4.16. The van der Waals surface area contributed by atoms with Crippen molar-refractivity contribution in [2.24, 2.45) is 5.41 Å². The van der Waals surface area contributed by atoms with Gasteiger partial charge in [0.25, 0.3) is 0 Å². The topological polar surface area (TPSA) is 74.7 Å². The lowest BCUT2D eigenvalue weighted by atomic mass is 9.90. The van der Waals surface area contributed by atoms with E-state index in [-0.39, 0.29) is 19.5 Å². The summed E-state index contributed by atoms with van der Waals surface area (Å²) in [6, 6.07) is 3.43. The fourth-order valence-electron chi connectivity index (χ4n) is 2.28. The molecule has 0 radical (unpaired) electrons. The molecule has 0 saturated carbocycles. The van der Waals surface area contributed by atoms with E-state index in [0.29, 0.717) is 6.07 Å². The predicted octanol–water partition coefficient (Wildman–Crippen LogP) is 2.19. The highest BCUT2D eigenvalue weighted by molar-refractivity contribution is 7.89. The van der Waals surface area contributed by atoms with Crippen molar-refractivity contribution >= 4 is 16.0 Å². The molecule has 5 nitrogen and oxygen atoms in total. The van der Waals surface area contributed by atoms with Crippen molar-refractivity contribution in [2.45, 2.75) is 24.4 Å². The van der Waals surface area contributed by atoms with Crippen LogP contribution in [0, 0.1) is 5.41 Å². The molecule has 0 amide bonds. The Bertz CT molecular complexity index is 701. The molecule has 22 heavy (non-hydrogen) atoms. The first-order chi connectivity index (χ1) is 9.97. The maximum atomic E-state index is 12.7. The molecule has 9 heteroatoms. The molecule has 1 aliphatic rings. The predicted molar refractivity (Wildman–Crippen MR) is 70.6 cm³/mol. The molecule has 1 aromatic carbocycles. The number of rotatable bonds is 3. The zero-order chi connectivity index (χ0) is 16.8. The third kappa shape index (κ3) is 2.95. The van der Waals surface area contributed by atoms with E-state index in [1.165, 1.54) is 6.92 Å². The molecule has 0 spiro atoms. The molecule has 1 heterocycles. The van der Waals surface area contributed by atoms with Gasteiger partial charge < -0.3 is 5.11 Å². The molecule has 1 fully saturated rings. The van der Waals surface area contributed by atoms with E-state index in [2.05, 4.69) is 0 Å². The number of nitrogens with zero attached hydrogens (tertiary/aromatic N) is 1. The quantitative estimate of drug-likeness (QED) is 0.917. The van der Waals surface area contributed by atoms with Gasteiger partial charge in [0.1, 0.15) is 0 Å². The summed E-state index contributed by atoms with van der Waals surface area (Å²) in [5, 5.41) is 9.11. The molecule has 0 aromatic heterocycles. The molecule has 1 aromatic rings. The Hall–Kier alpha value is -1.61. The Morgan fingerprint density at radius 1 is 1.36 bits per heavy atom. The first-order valence-electron chi connectivity index (χ1n) is 6.38. The van der Waals surface area contributed by atoms with Crippen LogP contribution in [0.5, 0.6) is 0 Å². The Morgan fingerprint density at radius 2 is 2.00 bits per heavy atom. The number of carbonyl (C=O) groups is 1. The molecule has 1 saturated heterocycles. The standard InChI is InChI=1S/C13H14F3NO4S/c1-12(11(18)19)5-6-17(8-12)22(20,21)10-4-2-3-9(7-10)13(14,15)16/h2-4,7H,5-6,8H2,1H3,(H,18,19). The van der Waals surface area contributed by atoms with Crippen LogP contribution in [0.1, 0.15) is 18.9 Å². The largest absolute Gasteiger partial charge is 0.481 e. The Kier molecular flexibility index (Phi) is 3.99. The van der Waals surface area contributed by atoms with Crippen LogP contribution in [-0.4, -0.2) is 36.9 Å². The van der Waals surface area contributed by atoms with E-state index >= 15 is 0 Å². The number of hydrogen-bond acceptors (Lipinski definition) is 3. The molecule has 0 bridgehead atoms. The average Bonchev–Trinajstić information content (AvgIpc) is 2.83. The Balaban J connectivity index is 2.35. The van der Waals surface area contributed by atoms with Crippen LogP contribution in [0.2, 0.25) is 0 Å². The molecule has 1 aliphatic heterocycles. The number of carboxylic acid groups (broad SMARTS) is 1. The summed E-state index contributed by atoms with van der Waals surface area (Å²) in [5.74, 6) is -1.13. The molecule has 1 atom stereocenters. The fourth-order valence-corrected chi connectivity index (χ4v) is 3.89. The molecular formula is C13H14F3NO4S. The highest BCUT2D eigenvalue weighted by Gasteiger charge is 2.45. The van der Waals surface area contributed by atoms with Crippen molar-refractivity contribution in [3.63, 3.8) is 0 Å². The Labute approximate surface area is 125 Å². The second-order valence-corrected chi connectivity index (χ2v) is 7.42. The minimum Gasteiger partial charge on any atom is -0.481 e. The average molecular weight is 337 g/mol. The number of aliphatic carboxylic acids is 1. The smallest absolute Gasteiger partial charge is 0.416 e. The second-order valence-electron chi connectivity index (χ2n) is 5.48. The van der Waals surface area contributed by atoms with E-state index in [4.69, 9.17) is 5.11 Å². The third-order valence-electron chi connectivity index (χ3n) is 3.75. The molecule has 1 unspecified atom stereocenters. The minimum absolute atomic E-state index is 0.0403. The van der Waals surface area contributed by atoms with E-state index in [9.17, 15) is 26.4 Å². The normalized spacial score (nSPS) is 23.6. The van der Waals surface area contributed by atoms with Crippen LogP contribution in [0.15, 0.2) is 29.2 Å². The van der Waals surface area contributed by atoms with E-state index < -0.39 is 38.0 Å². The molecule has 0 aliphatic carbocycles. The number of halogens is 3. The summed E-state index contributed by atoms with van der Waals surface area (Å²) >= 11 is 0. The van der Waals surface area contributed by atoms with Crippen molar-refractivity contribution < 1.29 is 31.5 Å². The maximum Gasteiger partial charge on any atom is 0.416 e. The number of sulfonamides is 1. The molecular weight excluding hydrogens is 323 g/mol. The van der Waals surface area contributed by atoms with Crippen LogP contribution < -0.4 is 0 Å². The van der Waals surface area contributed by atoms with Gasteiger partial charge >= 0.3 is 12.1 Å². The van der Waals surface area contributed by atoms with Crippen LogP contribution in [0.25, 0.3) is 0 Å². The number of alkyl halides is 3. The third-order valence-corrected chi connectivity index (χ3v) is 5.59. The van der Waals surface area contributed by atoms with E-state index in [1.54, 1.807) is 0 Å². The van der Waals surface area contributed by atoms with Crippen LogP contribution in [0.4, 0.5) is 13.2 Å². The van der Waals surface area contributed by atoms with Crippen molar-refractivity contribution in [2.75, 3.05) is 13.1 Å². The summed E-state index contributed by atoms with van der Waals surface area (Å²) in [6.45, 7) is 1.11. The SMILES string of the molecule is CC1(C(=O)O)CCN(S(=O)(=O)c2cccc(C(F)(F)F)c2)C1.